The number of hydrogen-bond acceptors (Lipinski definition) is 4. The quantitative estimate of drug-likeness (QED) is 0.656. The molecule has 0 aromatic heterocycles. The number of carbonyl (C=O) groups is 1. The minimum absolute atomic E-state index is 0.0269. The van der Waals surface area contributed by atoms with Crippen molar-refractivity contribution in [2.45, 2.75) is 4.90 Å². The van der Waals surface area contributed by atoms with Crippen LogP contribution in [0.1, 0.15) is 0 Å². The van der Waals surface area contributed by atoms with E-state index < -0.39 is 5.82 Å². The van der Waals surface area contributed by atoms with Gasteiger partial charge in [-0.2, -0.15) is 5.26 Å². The van der Waals surface area contributed by atoms with Crippen molar-refractivity contribution < 1.29 is 9.18 Å². The highest BCUT2D eigenvalue weighted by atomic mass is 32.2. The molecule has 21 heavy (non-hydrogen) atoms. The second-order valence-electron chi connectivity index (χ2n) is 4.10. The molecule has 0 fully saturated rings. The van der Waals surface area contributed by atoms with E-state index in [9.17, 15) is 9.18 Å². The molecular formula is C15H12FN3OS. The maximum atomic E-state index is 13.4. The van der Waals surface area contributed by atoms with Gasteiger partial charge < -0.3 is 10.6 Å². The third kappa shape index (κ3) is 4.51. The molecule has 0 aliphatic rings. The molecule has 1 amide bonds. The molecule has 0 atom stereocenters. The van der Waals surface area contributed by atoms with Crippen LogP contribution in [0.25, 0.3) is 0 Å². The Morgan fingerprint density at radius 3 is 2.57 bits per heavy atom. The van der Waals surface area contributed by atoms with E-state index in [1.54, 1.807) is 36.4 Å². The Morgan fingerprint density at radius 1 is 1.19 bits per heavy atom. The van der Waals surface area contributed by atoms with Gasteiger partial charge in [0.05, 0.1) is 12.2 Å². The zero-order chi connectivity index (χ0) is 15.1. The Balaban J connectivity index is 1.87. The first-order valence-corrected chi connectivity index (χ1v) is 6.95. The van der Waals surface area contributed by atoms with Crippen LogP contribution in [-0.2, 0) is 4.79 Å². The van der Waals surface area contributed by atoms with Gasteiger partial charge in [-0.25, -0.2) is 4.39 Å². The van der Waals surface area contributed by atoms with Crippen LogP contribution in [0.4, 0.5) is 15.8 Å². The van der Waals surface area contributed by atoms with E-state index in [0.29, 0.717) is 0 Å². The molecule has 0 unspecified atom stereocenters. The summed E-state index contributed by atoms with van der Waals surface area (Å²) in [5, 5.41) is 15.9. The highest BCUT2D eigenvalue weighted by Gasteiger charge is 2.05. The molecule has 0 saturated heterocycles. The highest BCUT2D eigenvalue weighted by Crippen LogP contribution is 2.19. The smallest absolute Gasteiger partial charge is 0.243 e. The van der Waals surface area contributed by atoms with Crippen molar-refractivity contribution in [2.24, 2.45) is 0 Å². The van der Waals surface area contributed by atoms with Crippen molar-refractivity contribution in [1.29, 1.82) is 5.26 Å². The molecule has 4 nitrogen and oxygen atoms in total. The Hall–Kier alpha value is -2.52. The van der Waals surface area contributed by atoms with Gasteiger partial charge in [0.15, 0.2) is 0 Å². The predicted molar refractivity (Wildman–Crippen MR) is 81.4 cm³/mol. The molecule has 0 aliphatic heterocycles. The topological polar surface area (TPSA) is 64.9 Å². The molecule has 6 heteroatoms. The highest BCUT2D eigenvalue weighted by molar-refractivity contribution is 8.03. The van der Waals surface area contributed by atoms with Gasteiger partial charge in [-0.3, -0.25) is 4.79 Å². The summed E-state index contributed by atoms with van der Waals surface area (Å²) in [6.07, 6.45) is 0. The molecule has 2 aromatic carbocycles. The number of carbonyl (C=O) groups excluding carboxylic acids is 1. The van der Waals surface area contributed by atoms with E-state index in [1.807, 2.05) is 5.40 Å². The molecule has 0 aliphatic carbocycles. The van der Waals surface area contributed by atoms with Crippen molar-refractivity contribution in [3.8, 4) is 5.40 Å². The lowest BCUT2D eigenvalue weighted by molar-refractivity contribution is -0.114. The summed E-state index contributed by atoms with van der Waals surface area (Å²) < 4.78 is 13.4. The molecule has 2 rings (SSSR count). The number of anilines is 2. The van der Waals surface area contributed by atoms with Crippen LogP contribution in [0, 0.1) is 16.5 Å². The maximum absolute atomic E-state index is 13.4. The van der Waals surface area contributed by atoms with Gasteiger partial charge in [-0.15, -0.1) is 0 Å². The summed E-state index contributed by atoms with van der Waals surface area (Å²) in [4.78, 5) is 12.6. The summed E-state index contributed by atoms with van der Waals surface area (Å²) in [6, 6.07) is 13.1. The largest absolute Gasteiger partial charge is 0.376 e. The van der Waals surface area contributed by atoms with Crippen molar-refractivity contribution in [2.75, 3.05) is 17.2 Å². The normalized spacial score (nSPS) is 9.71. The first-order chi connectivity index (χ1) is 10.2. The Bertz CT molecular complexity index is 667. The fraction of sp³-hybridized carbons (Fsp3) is 0.0667. The van der Waals surface area contributed by atoms with Crippen molar-refractivity contribution in [3.05, 3.63) is 54.3 Å². The van der Waals surface area contributed by atoms with Crippen LogP contribution in [0.15, 0.2) is 53.4 Å². The first kappa shape index (κ1) is 14.9. The second kappa shape index (κ2) is 7.31. The van der Waals surface area contributed by atoms with Gasteiger partial charge in [-0.05, 0) is 48.2 Å². The molecular weight excluding hydrogens is 289 g/mol. The van der Waals surface area contributed by atoms with Crippen LogP contribution in [0.5, 0.6) is 0 Å². The van der Waals surface area contributed by atoms with Crippen LogP contribution in [0.2, 0.25) is 0 Å². The summed E-state index contributed by atoms with van der Waals surface area (Å²) in [5.41, 5.74) is 0.908. The monoisotopic (exact) mass is 301 g/mol. The summed E-state index contributed by atoms with van der Waals surface area (Å²) >= 11 is 1.07. The number of nitriles is 1. The van der Waals surface area contributed by atoms with Crippen molar-refractivity contribution >= 4 is 29.0 Å². The lowest BCUT2D eigenvalue weighted by Crippen LogP contribution is -2.22. The third-order valence-electron chi connectivity index (χ3n) is 2.62. The standard InChI is InChI=1S/C15H12FN3OS/c16-13-3-1-2-4-14(13)19-15(20)9-18-11-5-7-12(8-6-11)21-10-17/h1-8,18H,9H2,(H,19,20). The number of nitrogens with one attached hydrogen (secondary N) is 2. The Kier molecular flexibility index (Phi) is 5.18. The van der Waals surface area contributed by atoms with Crippen molar-refractivity contribution in [1.82, 2.24) is 0 Å². The van der Waals surface area contributed by atoms with Gasteiger partial charge in [0.25, 0.3) is 0 Å². The van der Waals surface area contributed by atoms with E-state index in [1.165, 1.54) is 12.1 Å². The average Bonchev–Trinajstić information content (AvgIpc) is 2.49. The molecule has 0 heterocycles. The number of halogens is 1. The lowest BCUT2D eigenvalue weighted by atomic mass is 10.3. The summed E-state index contributed by atoms with van der Waals surface area (Å²) in [6.45, 7) is 0.0269. The van der Waals surface area contributed by atoms with Crippen LogP contribution < -0.4 is 10.6 Å². The SMILES string of the molecule is N#CSc1ccc(NCC(=O)Nc2ccccc2F)cc1. The zero-order valence-corrected chi connectivity index (χ0v) is 11.8. The molecule has 2 N–H and O–H groups in total. The van der Waals surface area contributed by atoms with Gasteiger partial charge in [0, 0.05) is 10.6 Å². The van der Waals surface area contributed by atoms with E-state index in [2.05, 4.69) is 10.6 Å². The third-order valence-corrected chi connectivity index (χ3v) is 3.22. The number of nitrogens with zero attached hydrogens (tertiary/aromatic N) is 1. The molecule has 2 aromatic rings. The van der Waals surface area contributed by atoms with Gasteiger partial charge >= 0.3 is 0 Å². The number of benzene rings is 2. The molecule has 0 bridgehead atoms. The number of para-hydroxylation sites is 1. The molecule has 0 radical (unpaired) electrons. The van der Waals surface area contributed by atoms with Gasteiger partial charge in [0.2, 0.25) is 5.91 Å². The van der Waals surface area contributed by atoms with Crippen LogP contribution in [-0.4, -0.2) is 12.5 Å². The van der Waals surface area contributed by atoms with Gasteiger partial charge in [-0.1, -0.05) is 12.1 Å². The minimum Gasteiger partial charge on any atom is -0.376 e. The average molecular weight is 301 g/mol. The minimum atomic E-state index is -0.469. The van der Waals surface area contributed by atoms with E-state index >= 15 is 0 Å². The molecule has 106 valence electrons. The summed E-state index contributed by atoms with van der Waals surface area (Å²) in [7, 11) is 0. The van der Waals surface area contributed by atoms with Crippen LogP contribution >= 0.6 is 11.8 Å². The van der Waals surface area contributed by atoms with E-state index in [-0.39, 0.29) is 18.1 Å². The zero-order valence-electron chi connectivity index (χ0n) is 11.0. The molecule has 0 saturated carbocycles. The van der Waals surface area contributed by atoms with E-state index in [0.717, 1.165) is 22.3 Å². The number of amides is 1. The van der Waals surface area contributed by atoms with E-state index in [4.69, 9.17) is 5.26 Å². The lowest BCUT2D eigenvalue weighted by Gasteiger charge is -2.08. The number of thioether (sulfide) groups is 1. The second-order valence-corrected chi connectivity index (χ2v) is 4.96. The maximum Gasteiger partial charge on any atom is 0.243 e. The Labute approximate surface area is 126 Å². The van der Waals surface area contributed by atoms with Gasteiger partial charge in [0.1, 0.15) is 11.2 Å². The van der Waals surface area contributed by atoms with Crippen LogP contribution in [0.3, 0.4) is 0 Å². The summed E-state index contributed by atoms with van der Waals surface area (Å²) in [5.74, 6) is -0.806. The van der Waals surface area contributed by atoms with Crippen molar-refractivity contribution in [3.63, 3.8) is 0 Å². The molecule has 0 spiro atoms. The number of hydrogen-bond donors (Lipinski definition) is 2. The fourth-order valence-electron chi connectivity index (χ4n) is 1.63. The predicted octanol–water partition coefficient (Wildman–Crippen LogP) is 3.45. The Morgan fingerprint density at radius 2 is 1.90 bits per heavy atom. The fourth-order valence-corrected chi connectivity index (χ4v) is 2.01. The number of rotatable bonds is 5. The number of thiocyanates is 1. The first-order valence-electron chi connectivity index (χ1n) is 6.13.